The highest BCUT2D eigenvalue weighted by molar-refractivity contribution is 5.86. The maximum Gasteiger partial charge on any atom is 0.242 e. The van der Waals surface area contributed by atoms with Crippen LogP contribution in [-0.2, 0) is 20.8 Å². The van der Waals surface area contributed by atoms with Crippen LogP contribution in [-0.4, -0.2) is 70.3 Å². The van der Waals surface area contributed by atoms with Gasteiger partial charge in [-0.1, -0.05) is 18.7 Å². The van der Waals surface area contributed by atoms with Gasteiger partial charge in [-0.3, -0.25) is 9.78 Å². The molecule has 30 heavy (non-hydrogen) atoms. The first-order chi connectivity index (χ1) is 14.7. The van der Waals surface area contributed by atoms with Crippen LogP contribution in [0.4, 0.5) is 0 Å². The molecule has 0 spiro atoms. The number of methoxy groups -OCH3 is 1. The highest BCUT2D eigenvalue weighted by Gasteiger charge is 2.21. The topological polar surface area (TPSA) is 85.3 Å². The number of aromatic amines is 1. The van der Waals surface area contributed by atoms with Gasteiger partial charge in [-0.15, -0.1) is 0 Å². The molecule has 1 saturated heterocycles. The molecule has 1 aliphatic rings. The summed E-state index contributed by atoms with van der Waals surface area (Å²) < 4.78 is 12.5. The van der Waals surface area contributed by atoms with Crippen molar-refractivity contribution >= 4 is 29.2 Å². The third-order valence-electron chi connectivity index (χ3n) is 5.12. The van der Waals surface area contributed by atoms with Crippen LogP contribution in [0.15, 0.2) is 37.3 Å². The quantitative estimate of drug-likeness (QED) is 0.651. The normalized spacial score (nSPS) is 14.6. The molecule has 0 unspecified atom stereocenters. The lowest BCUT2D eigenvalue weighted by Crippen LogP contribution is -2.42. The molecule has 1 N–H and O–H groups in total. The predicted octanol–water partition coefficient (Wildman–Crippen LogP) is 2.59. The molecule has 1 fully saturated rings. The molecule has 4 rings (SSSR count). The van der Waals surface area contributed by atoms with Crippen molar-refractivity contribution in [1.29, 1.82) is 0 Å². The van der Waals surface area contributed by atoms with Crippen LogP contribution in [0.2, 0.25) is 0 Å². The second-order valence-electron chi connectivity index (χ2n) is 7.00. The Labute approximate surface area is 174 Å². The number of rotatable bonds is 7. The van der Waals surface area contributed by atoms with Gasteiger partial charge in [0.25, 0.3) is 0 Å². The van der Waals surface area contributed by atoms with Gasteiger partial charge in [0.05, 0.1) is 25.5 Å². The Balaban J connectivity index is 1.73. The number of morpholine rings is 1. The monoisotopic (exact) mass is 407 g/mol. The van der Waals surface area contributed by atoms with Crippen molar-refractivity contribution in [3.63, 3.8) is 0 Å². The minimum absolute atomic E-state index is 0.0665. The van der Waals surface area contributed by atoms with Crippen molar-refractivity contribution in [3.05, 3.63) is 48.6 Å². The molecule has 4 heterocycles. The SMILES string of the molecule is C=Cc1c(-c2cc3nccnc3[nH]2)cn(CC(=O)N2CCOCC2)c1/C=C\COC. The Morgan fingerprint density at radius 1 is 1.33 bits per heavy atom. The van der Waals surface area contributed by atoms with Crippen LogP contribution >= 0.6 is 0 Å². The highest BCUT2D eigenvalue weighted by Crippen LogP contribution is 2.31. The van der Waals surface area contributed by atoms with Crippen LogP contribution < -0.4 is 0 Å². The molecule has 8 nitrogen and oxygen atoms in total. The van der Waals surface area contributed by atoms with E-state index in [-0.39, 0.29) is 12.5 Å². The van der Waals surface area contributed by atoms with Crippen molar-refractivity contribution in [2.24, 2.45) is 0 Å². The van der Waals surface area contributed by atoms with Crippen LogP contribution in [0.25, 0.3) is 34.6 Å². The Bertz CT molecular complexity index is 1040. The number of nitrogens with zero attached hydrogens (tertiary/aromatic N) is 4. The Morgan fingerprint density at radius 3 is 2.87 bits per heavy atom. The van der Waals surface area contributed by atoms with Crippen LogP contribution in [0.1, 0.15) is 11.3 Å². The Hall–Kier alpha value is -3.23. The Morgan fingerprint density at radius 2 is 2.13 bits per heavy atom. The zero-order valence-electron chi connectivity index (χ0n) is 17.0. The van der Waals surface area contributed by atoms with Crippen LogP contribution in [0.3, 0.4) is 0 Å². The van der Waals surface area contributed by atoms with E-state index in [0.29, 0.717) is 32.9 Å². The molecule has 0 bridgehead atoms. The largest absolute Gasteiger partial charge is 0.381 e. The fourth-order valence-electron chi connectivity index (χ4n) is 3.64. The number of hydrogen-bond acceptors (Lipinski definition) is 5. The van der Waals surface area contributed by atoms with E-state index < -0.39 is 0 Å². The third-order valence-corrected chi connectivity index (χ3v) is 5.12. The summed E-state index contributed by atoms with van der Waals surface area (Å²) in [4.78, 5) is 26.7. The number of nitrogens with one attached hydrogen (secondary N) is 1. The molecule has 156 valence electrons. The summed E-state index contributed by atoms with van der Waals surface area (Å²) in [6.07, 6.45) is 11.0. The standard InChI is InChI=1S/C22H25N5O3/c1-3-16-17(18-13-19-22(25-18)24-7-6-23-19)14-27(20(16)5-4-10-29-2)15-21(28)26-8-11-30-12-9-26/h3-7,13-14H,1,8-12,15H2,2H3,(H,24,25)/b5-4-. The molecule has 0 radical (unpaired) electrons. The van der Waals surface area contributed by atoms with Crippen molar-refractivity contribution in [2.45, 2.75) is 6.54 Å². The van der Waals surface area contributed by atoms with Gasteiger partial charge in [-0.2, -0.15) is 0 Å². The summed E-state index contributed by atoms with van der Waals surface area (Å²) in [7, 11) is 1.65. The number of carbonyl (C=O) groups excluding carboxylic acids is 1. The maximum absolute atomic E-state index is 12.9. The minimum atomic E-state index is 0.0665. The highest BCUT2D eigenvalue weighted by atomic mass is 16.5. The fourth-order valence-corrected chi connectivity index (χ4v) is 3.64. The smallest absolute Gasteiger partial charge is 0.242 e. The summed E-state index contributed by atoms with van der Waals surface area (Å²) in [6, 6.07) is 1.96. The lowest BCUT2D eigenvalue weighted by atomic mass is 10.1. The summed E-state index contributed by atoms with van der Waals surface area (Å²) in [6.45, 7) is 7.13. The van der Waals surface area contributed by atoms with Gasteiger partial charge >= 0.3 is 0 Å². The summed E-state index contributed by atoms with van der Waals surface area (Å²) >= 11 is 0. The molecule has 0 saturated carbocycles. The van der Waals surface area contributed by atoms with Crippen LogP contribution in [0, 0.1) is 0 Å². The zero-order valence-corrected chi connectivity index (χ0v) is 17.0. The molecule has 0 aliphatic carbocycles. The average molecular weight is 407 g/mol. The fraction of sp³-hybridized carbons (Fsp3) is 0.318. The third kappa shape index (κ3) is 4.05. The van der Waals surface area contributed by atoms with E-state index in [1.807, 2.05) is 40.0 Å². The molecule has 8 heteroatoms. The average Bonchev–Trinajstić information content (AvgIpc) is 3.35. The first-order valence-corrected chi connectivity index (χ1v) is 9.88. The lowest BCUT2D eigenvalue weighted by molar-refractivity contribution is -0.135. The van der Waals surface area contributed by atoms with Gasteiger partial charge < -0.3 is 23.9 Å². The van der Waals surface area contributed by atoms with Gasteiger partial charge in [-0.25, -0.2) is 4.98 Å². The first kappa shape index (κ1) is 20.1. The molecular weight excluding hydrogens is 382 g/mol. The van der Waals surface area contributed by atoms with Crippen molar-refractivity contribution in [2.75, 3.05) is 40.0 Å². The number of H-pyrrole nitrogens is 1. The molecule has 1 amide bonds. The first-order valence-electron chi connectivity index (χ1n) is 9.88. The number of fused-ring (bicyclic) bond motifs is 1. The number of ether oxygens (including phenoxy) is 2. The minimum Gasteiger partial charge on any atom is -0.381 e. The summed E-state index contributed by atoms with van der Waals surface area (Å²) in [5.41, 5.74) is 5.16. The van der Waals surface area contributed by atoms with Crippen molar-refractivity contribution in [3.8, 4) is 11.3 Å². The lowest BCUT2D eigenvalue weighted by Gasteiger charge is -2.27. The van der Waals surface area contributed by atoms with Gasteiger partial charge in [0, 0.05) is 55.6 Å². The second-order valence-corrected chi connectivity index (χ2v) is 7.00. The molecule has 3 aromatic heterocycles. The summed E-state index contributed by atoms with van der Waals surface area (Å²) in [5, 5.41) is 0. The number of hydrogen-bond donors (Lipinski definition) is 1. The van der Waals surface area contributed by atoms with Gasteiger partial charge in [0.15, 0.2) is 5.65 Å². The molecule has 0 aromatic carbocycles. The summed E-state index contributed by atoms with van der Waals surface area (Å²) in [5.74, 6) is 0.0665. The zero-order chi connectivity index (χ0) is 20.9. The van der Waals surface area contributed by atoms with E-state index in [1.165, 1.54) is 0 Å². The molecule has 1 aliphatic heterocycles. The maximum atomic E-state index is 12.9. The van der Waals surface area contributed by atoms with E-state index >= 15 is 0 Å². The van der Waals surface area contributed by atoms with E-state index in [0.717, 1.165) is 33.7 Å². The molecule has 3 aromatic rings. The van der Waals surface area contributed by atoms with Gasteiger partial charge in [-0.05, 0) is 12.1 Å². The number of amides is 1. The van der Waals surface area contributed by atoms with E-state index in [2.05, 4.69) is 21.5 Å². The molecule has 0 atom stereocenters. The van der Waals surface area contributed by atoms with Crippen molar-refractivity contribution < 1.29 is 14.3 Å². The number of aromatic nitrogens is 4. The van der Waals surface area contributed by atoms with Gasteiger partial charge in [0.1, 0.15) is 12.1 Å². The van der Waals surface area contributed by atoms with E-state index in [1.54, 1.807) is 19.5 Å². The van der Waals surface area contributed by atoms with E-state index in [9.17, 15) is 4.79 Å². The van der Waals surface area contributed by atoms with Gasteiger partial charge in [0.2, 0.25) is 5.91 Å². The predicted molar refractivity (Wildman–Crippen MR) is 116 cm³/mol. The number of carbonyl (C=O) groups is 1. The van der Waals surface area contributed by atoms with Crippen LogP contribution in [0.5, 0.6) is 0 Å². The second kappa shape index (κ2) is 9.06. The molecular formula is C22H25N5O3. The Kier molecular flexibility index (Phi) is 6.06. The van der Waals surface area contributed by atoms with Crippen molar-refractivity contribution in [1.82, 2.24) is 24.4 Å². The van der Waals surface area contributed by atoms with E-state index in [4.69, 9.17) is 9.47 Å².